The molecular formula is C6H12Cl3O3P. The largest absolute Gasteiger partial charge is 0.329 e. The van der Waals surface area contributed by atoms with E-state index in [1.165, 1.54) is 0 Å². The summed E-state index contributed by atoms with van der Waals surface area (Å²) in [5.74, 6) is 0.585. The predicted octanol–water partition coefficient (Wildman–Crippen LogP) is 2.66. The second kappa shape index (κ2) is 7.33. The van der Waals surface area contributed by atoms with Crippen LogP contribution in [0.25, 0.3) is 0 Å². The molecule has 0 aliphatic rings. The SMILES string of the molecule is O=P(O)(CCCl)OC(CCl)CCCl. The molecule has 0 aromatic carbocycles. The van der Waals surface area contributed by atoms with E-state index in [1.807, 2.05) is 0 Å². The normalized spacial score (nSPS) is 18.2. The minimum Gasteiger partial charge on any atom is -0.324 e. The molecular weight excluding hydrogens is 257 g/mol. The van der Waals surface area contributed by atoms with Crippen molar-refractivity contribution in [3.63, 3.8) is 0 Å². The highest BCUT2D eigenvalue weighted by Gasteiger charge is 2.23. The first-order chi connectivity index (χ1) is 6.05. The van der Waals surface area contributed by atoms with Gasteiger partial charge >= 0.3 is 7.60 Å². The molecule has 0 spiro atoms. The minimum atomic E-state index is -3.57. The lowest BCUT2D eigenvalue weighted by Gasteiger charge is -2.17. The maximum atomic E-state index is 11.2. The van der Waals surface area contributed by atoms with E-state index in [0.29, 0.717) is 12.3 Å². The van der Waals surface area contributed by atoms with Crippen LogP contribution < -0.4 is 0 Å². The highest BCUT2D eigenvalue weighted by molar-refractivity contribution is 7.52. The van der Waals surface area contributed by atoms with Crippen molar-refractivity contribution in [2.45, 2.75) is 12.5 Å². The molecule has 0 rings (SSSR count). The monoisotopic (exact) mass is 268 g/mol. The lowest BCUT2D eigenvalue weighted by atomic mass is 10.3. The van der Waals surface area contributed by atoms with Crippen molar-refractivity contribution >= 4 is 42.4 Å². The number of halogens is 3. The van der Waals surface area contributed by atoms with Crippen molar-refractivity contribution in [2.24, 2.45) is 0 Å². The molecule has 0 bridgehead atoms. The first-order valence-corrected chi connectivity index (χ1v) is 7.10. The van der Waals surface area contributed by atoms with Crippen LogP contribution in [0, 0.1) is 0 Å². The molecule has 0 heterocycles. The molecule has 2 atom stereocenters. The standard InChI is InChI=1S/C6H12Cl3O3P/c7-2-1-6(5-9)12-13(10,11)4-3-8/h6H,1-5H2,(H,10,11). The summed E-state index contributed by atoms with van der Waals surface area (Å²) in [5, 5.41) is 0. The Labute approximate surface area is 92.8 Å². The van der Waals surface area contributed by atoms with E-state index >= 15 is 0 Å². The van der Waals surface area contributed by atoms with E-state index in [-0.39, 0.29) is 17.9 Å². The van der Waals surface area contributed by atoms with Crippen LogP contribution in [0.4, 0.5) is 0 Å². The van der Waals surface area contributed by atoms with E-state index in [4.69, 9.17) is 39.3 Å². The van der Waals surface area contributed by atoms with Gasteiger partial charge in [-0.3, -0.25) is 4.57 Å². The third kappa shape index (κ3) is 7.01. The Balaban J connectivity index is 3.97. The van der Waals surface area contributed by atoms with Crippen LogP contribution >= 0.6 is 42.4 Å². The molecule has 0 fully saturated rings. The molecule has 80 valence electrons. The summed E-state index contributed by atoms with van der Waals surface area (Å²) in [6.07, 6.45) is -0.0829. The summed E-state index contributed by atoms with van der Waals surface area (Å²) < 4.78 is 16.1. The number of rotatable bonds is 7. The zero-order valence-corrected chi connectivity index (χ0v) is 10.1. The lowest BCUT2D eigenvalue weighted by Crippen LogP contribution is -2.15. The summed E-state index contributed by atoms with van der Waals surface area (Å²) in [4.78, 5) is 9.19. The van der Waals surface area contributed by atoms with Gasteiger partial charge in [-0.2, -0.15) is 0 Å². The molecule has 2 unspecified atom stereocenters. The van der Waals surface area contributed by atoms with Crippen LogP contribution in [0.3, 0.4) is 0 Å². The van der Waals surface area contributed by atoms with Gasteiger partial charge in [0.1, 0.15) is 0 Å². The number of alkyl halides is 3. The van der Waals surface area contributed by atoms with E-state index in [9.17, 15) is 9.46 Å². The highest BCUT2D eigenvalue weighted by atomic mass is 35.5. The van der Waals surface area contributed by atoms with Crippen LogP contribution in [0.1, 0.15) is 6.42 Å². The van der Waals surface area contributed by atoms with Crippen molar-refractivity contribution in [2.75, 3.05) is 23.8 Å². The van der Waals surface area contributed by atoms with Crippen molar-refractivity contribution in [3.05, 3.63) is 0 Å². The summed E-state index contributed by atoms with van der Waals surface area (Å²) in [6.45, 7) is 0. The summed E-state index contributed by atoms with van der Waals surface area (Å²) in [6, 6.07) is 0. The highest BCUT2D eigenvalue weighted by Crippen LogP contribution is 2.43. The first-order valence-electron chi connectivity index (χ1n) is 3.74. The summed E-state index contributed by atoms with van der Waals surface area (Å²) in [7, 11) is -3.57. The molecule has 0 aliphatic carbocycles. The van der Waals surface area contributed by atoms with Crippen LogP contribution in [0.5, 0.6) is 0 Å². The topological polar surface area (TPSA) is 46.5 Å². The molecule has 0 aromatic rings. The van der Waals surface area contributed by atoms with Gasteiger partial charge in [-0.15, -0.1) is 34.8 Å². The van der Waals surface area contributed by atoms with E-state index in [0.717, 1.165) is 0 Å². The smallest absolute Gasteiger partial charge is 0.324 e. The second-order valence-corrected chi connectivity index (χ2v) is 5.41. The van der Waals surface area contributed by atoms with Gasteiger partial charge in [0, 0.05) is 17.6 Å². The Morgan fingerprint density at radius 3 is 2.31 bits per heavy atom. The zero-order valence-electron chi connectivity index (χ0n) is 6.96. The van der Waals surface area contributed by atoms with Crippen molar-refractivity contribution < 1.29 is 14.0 Å². The summed E-state index contributed by atoms with van der Waals surface area (Å²) >= 11 is 16.3. The molecule has 0 amide bonds. The van der Waals surface area contributed by atoms with Crippen LogP contribution in [-0.2, 0) is 9.09 Å². The van der Waals surface area contributed by atoms with Crippen molar-refractivity contribution in [1.82, 2.24) is 0 Å². The van der Waals surface area contributed by atoms with Crippen molar-refractivity contribution in [1.29, 1.82) is 0 Å². The van der Waals surface area contributed by atoms with Gasteiger partial charge in [0.05, 0.1) is 12.3 Å². The van der Waals surface area contributed by atoms with E-state index in [2.05, 4.69) is 0 Å². The molecule has 0 aliphatic heterocycles. The van der Waals surface area contributed by atoms with Crippen molar-refractivity contribution in [3.8, 4) is 0 Å². The predicted molar refractivity (Wildman–Crippen MR) is 56.3 cm³/mol. The maximum Gasteiger partial charge on any atom is 0.329 e. The number of hydrogen-bond donors (Lipinski definition) is 1. The molecule has 0 radical (unpaired) electrons. The average Bonchev–Trinajstić information content (AvgIpc) is 2.03. The molecule has 0 aromatic heterocycles. The molecule has 13 heavy (non-hydrogen) atoms. The van der Waals surface area contributed by atoms with Gasteiger partial charge in [-0.1, -0.05) is 0 Å². The molecule has 0 saturated carbocycles. The van der Waals surface area contributed by atoms with Crippen LogP contribution in [-0.4, -0.2) is 34.8 Å². The average molecular weight is 269 g/mol. The third-order valence-corrected chi connectivity index (χ3v) is 3.72. The lowest BCUT2D eigenvalue weighted by molar-refractivity contribution is 0.190. The Kier molecular flexibility index (Phi) is 7.90. The fraction of sp³-hybridized carbons (Fsp3) is 1.00. The van der Waals surface area contributed by atoms with Gasteiger partial charge in [-0.25, -0.2) is 0 Å². The van der Waals surface area contributed by atoms with Crippen LogP contribution in [0.15, 0.2) is 0 Å². The fourth-order valence-corrected chi connectivity index (χ4v) is 2.83. The Morgan fingerprint density at radius 2 is 1.92 bits per heavy atom. The first kappa shape index (κ1) is 14.0. The minimum absolute atomic E-state index is 0.0652. The Hall–Kier alpha value is 1.02. The second-order valence-electron chi connectivity index (χ2n) is 2.41. The van der Waals surface area contributed by atoms with Gasteiger partial charge in [0.25, 0.3) is 0 Å². The van der Waals surface area contributed by atoms with E-state index < -0.39 is 13.7 Å². The van der Waals surface area contributed by atoms with Crippen LogP contribution in [0.2, 0.25) is 0 Å². The Bertz CT molecular complexity index is 179. The van der Waals surface area contributed by atoms with Gasteiger partial charge in [-0.05, 0) is 6.42 Å². The number of hydrogen-bond acceptors (Lipinski definition) is 2. The zero-order chi connectivity index (χ0) is 10.3. The Morgan fingerprint density at radius 1 is 1.31 bits per heavy atom. The molecule has 0 saturated heterocycles. The van der Waals surface area contributed by atoms with Gasteiger partial charge in [0.2, 0.25) is 0 Å². The van der Waals surface area contributed by atoms with Gasteiger partial charge < -0.3 is 9.42 Å². The van der Waals surface area contributed by atoms with E-state index in [1.54, 1.807) is 0 Å². The molecule has 1 N–H and O–H groups in total. The quantitative estimate of drug-likeness (QED) is 0.571. The maximum absolute atomic E-state index is 11.2. The summed E-state index contributed by atoms with van der Waals surface area (Å²) in [5.41, 5.74) is 0. The fourth-order valence-electron chi connectivity index (χ4n) is 0.672. The van der Waals surface area contributed by atoms with Gasteiger partial charge in [0.15, 0.2) is 0 Å². The molecule has 3 nitrogen and oxygen atoms in total. The molecule has 7 heteroatoms. The third-order valence-electron chi connectivity index (χ3n) is 1.28.